The third kappa shape index (κ3) is 6.44. The van der Waals surface area contributed by atoms with Gasteiger partial charge in [0.1, 0.15) is 6.54 Å². The van der Waals surface area contributed by atoms with E-state index in [-0.39, 0.29) is 5.78 Å². The van der Waals surface area contributed by atoms with Crippen molar-refractivity contribution in [2.75, 3.05) is 13.2 Å². The van der Waals surface area contributed by atoms with Gasteiger partial charge in [0.15, 0.2) is 6.61 Å². The molecule has 0 aliphatic rings. The van der Waals surface area contributed by atoms with Crippen LogP contribution in [0, 0.1) is 20.8 Å². The van der Waals surface area contributed by atoms with E-state index in [1.54, 1.807) is 24.3 Å². The van der Waals surface area contributed by atoms with Crippen LogP contribution in [0.5, 0.6) is 0 Å². The first-order chi connectivity index (χ1) is 13.2. The van der Waals surface area contributed by atoms with E-state index in [2.05, 4.69) is 4.72 Å². The van der Waals surface area contributed by atoms with Crippen molar-refractivity contribution in [1.29, 1.82) is 0 Å². The fraction of sp³-hybridized carbons (Fsp3) is 0.238. The third-order valence-corrected chi connectivity index (χ3v) is 5.02. The van der Waals surface area contributed by atoms with Crippen molar-refractivity contribution in [3.8, 4) is 0 Å². The lowest BCUT2D eigenvalue weighted by molar-refractivity contribution is -0.141. The van der Waals surface area contributed by atoms with Gasteiger partial charge < -0.3 is 4.74 Å². The van der Waals surface area contributed by atoms with Crippen molar-refractivity contribution in [1.82, 2.24) is 4.72 Å². The van der Waals surface area contributed by atoms with Crippen LogP contribution in [-0.4, -0.2) is 33.3 Å². The average Bonchev–Trinajstić information content (AvgIpc) is 2.63. The van der Waals surface area contributed by atoms with Gasteiger partial charge in [-0.3, -0.25) is 9.59 Å². The van der Waals surface area contributed by atoms with E-state index < -0.39 is 29.1 Å². The molecule has 6 nitrogen and oxygen atoms in total. The molecule has 0 radical (unpaired) electrons. The Bertz CT molecular complexity index is 972. The number of benzene rings is 2. The molecule has 7 heteroatoms. The van der Waals surface area contributed by atoms with Crippen molar-refractivity contribution in [3.63, 3.8) is 0 Å². The van der Waals surface area contributed by atoms with Gasteiger partial charge in [-0.2, -0.15) is 0 Å². The van der Waals surface area contributed by atoms with E-state index in [4.69, 9.17) is 4.74 Å². The van der Waals surface area contributed by atoms with Gasteiger partial charge in [0, 0.05) is 11.0 Å². The van der Waals surface area contributed by atoms with Crippen LogP contribution in [0.15, 0.2) is 47.9 Å². The number of aryl methyl sites for hydroxylation is 3. The highest BCUT2D eigenvalue weighted by Gasteiger charge is 2.16. The smallest absolute Gasteiger partial charge is 0.321 e. The summed E-state index contributed by atoms with van der Waals surface area (Å²) in [5, 5.41) is 0.972. The van der Waals surface area contributed by atoms with E-state index in [0.717, 1.165) is 22.1 Å². The third-order valence-electron chi connectivity index (χ3n) is 3.98. The number of carbonyl (C=O) groups is 2. The number of sulfonamides is 1. The second-order valence-electron chi connectivity index (χ2n) is 6.44. The summed E-state index contributed by atoms with van der Waals surface area (Å²) in [5.74, 6) is -1.15. The predicted octanol–water partition coefficient (Wildman–Crippen LogP) is 2.93. The molecule has 2 aromatic carbocycles. The number of rotatable bonds is 8. The molecule has 0 saturated heterocycles. The lowest BCUT2D eigenvalue weighted by atomic mass is 9.97. The van der Waals surface area contributed by atoms with Crippen molar-refractivity contribution in [3.05, 3.63) is 75.7 Å². The van der Waals surface area contributed by atoms with Crippen LogP contribution in [0.3, 0.4) is 0 Å². The fourth-order valence-corrected chi connectivity index (χ4v) is 3.58. The van der Waals surface area contributed by atoms with Gasteiger partial charge in [-0.15, -0.1) is 0 Å². The zero-order chi connectivity index (χ0) is 20.7. The Morgan fingerprint density at radius 1 is 1.04 bits per heavy atom. The fourth-order valence-electron chi connectivity index (χ4n) is 2.83. The van der Waals surface area contributed by atoms with Gasteiger partial charge in [0.25, 0.3) is 0 Å². The quantitative estimate of drug-likeness (QED) is 0.543. The van der Waals surface area contributed by atoms with Gasteiger partial charge in [0.05, 0.1) is 0 Å². The van der Waals surface area contributed by atoms with E-state index in [0.29, 0.717) is 11.1 Å². The molecule has 0 aromatic heterocycles. The minimum absolute atomic E-state index is 0.324. The van der Waals surface area contributed by atoms with Gasteiger partial charge in [-0.1, -0.05) is 48.0 Å². The van der Waals surface area contributed by atoms with Crippen molar-refractivity contribution in [2.24, 2.45) is 0 Å². The van der Waals surface area contributed by atoms with Crippen molar-refractivity contribution < 1.29 is 22.7 Å². The lowest BCUT2D eigenvalue weighted by Gasteiger charge is -2.11. The maximum Gasteiger partial charge on any atom is 0.321 e. The number of Topliss-reactive ketones (excluding diaryl/α,β-unsaturated/α-hetero) is 1. The van der Waals surface area contributed by atoms with Crippen molar-refractivity contribution >= 4 is 27.9 Å². The summed E-state index contributed by atoms with van der Waals surface area (Å²) in [6.07, 6.45) is 1.42. The van der Waals surface area contributed by atoms with Crippen LogP contribution in [0.1, 0.15) is 32.6 Å². The first-order valence-electron chi connectivity index (χ1n) is 8.67. The molecule has 0 saturated carbocycles. The summed E-state index contributed by atoms with van der Waals surface area (Å²) in [6, 6.07) is 12.7. The second-order valence-corrected chi connectivity index (χ2v) is 8.09. The van der Waals surface area contributed by atoms with Crippen LogP contribution in [0.25, 0.3) is 6.08 Å². The van der Waals surface area contributed by atoms with Crippen LogP contribution in [0.2, 0.25) is 0 Å². The highest BCUT2D eigenvalue weighted by atomic mass is 32.2. The highest BCUT2D eigenvalue weighted by molar-refractivity contribution is 7.92. The number of ketones is 1. The summed E-state index contributed by atoms with van der Waals surface area (Å²) in [7, 11) is -3.80. The highest BCUT2D eigenvalue weighted by Crippen LogP contribution is 2.17. The number of carbonyl (C=O) groups excluding carboxylic acids is 2. The molecule has 0 amide bonds. The molecule has 0 atom stereocenters. The van der Waals surface area contributed by atoms with Gasteiger partial charge >= 0.3 is 5.97 Å². The van der Waals surface area contributed by atoms with Crippen LogP contribution < -0.4 is 4.72 Å². The number of hydrogen-bond donors (Lipinski definition) is 1. The molecule has 148 valence electrons. The second kappa shape index (κ2) is 9.43. The largest absolute Gasteiger partial charge is 0.456 e. The Morgan fingerprint density at radius 2 is 1.64 bits per heavy atom. The minimum atomic E-state index is -3.80. The Hall–Kier alpha value is -2.77. The zero-order valence-electron chi connectivity index (χ0n) is 16.1. The van der Waals surface area contributed by atoms with E-state index in [1.807, 2.05) is 39.0 Å². The number of nitrogens with one attached hydrogen (secondary N) is 1. The summed E-state index contributed by atoms with van der Waals surface area (Å²) in [4.78, 5) is 24.1. The molecule has 0 bridgehead atoms. The Morgan fingerprint density at radius 3 is 2.25 bits per heavy atom. The molecule has 28 heavy (non-hydrogen) atoms. The molecule has 0 unspecified atom stereocenters. The van der Waals surface area contributed by atoms with Crippen LogP contribution in [-0.2, 0) is 19.6 Å². The maximum absolute atomic E-state index is 12.3. The molecule has 2 rings (SSSR count). The molecule has 0 fully saturated rings. The Balaban J connectivity index is 1.87. The van der Waals surface area contributed by atoms with E-state index in [1.165, 1.54) is 6.08 Å². The van der Waals surface area contributed by atoms with Gasteiger partial charge in [-0.25, -0.2) is 13.1 Å². The van der Waals surface area contributed by atoms with Crippen LogP contribution >= 0.6 is 0 Å². The molecular formula is C21H23NO5S. The summed E-state index contributed by atoms with van der Waals surface area (Å²) >= 11 is 0. The van der Waals surface area contributed by atoms with Gasteiger partial charge in [0.2, 0.25) is 15.8 Å². The lowest BCUT2D eigenvalue weighted by Crippen LogP contribution is -2.30. The molecule has 1 N–H and O–H groups in total. The Kier molecular flexibility index (Phi) is 7.25. The average molecular weight is 401 g/mol. The SMILES string of the molecule is Cc1cc(C)c(C(=O)COC(=O)CNS(=O)(=O)/C=C/c2ccccc2)c(C)c1. The topological polar surface area (TPSA) is 89.5 Å². The monoisotopic (exact) mass is 401 g/mol. The van der Waals surface area contributed by atoms with E-state index in [9.17, 15) is 18.0 Å². The first-order valence-corrected chi connectivity index (χ1v) is 10.2. The molecule has 0 heterocycles. The van der Waals surface area contributed by atoms with Crippen molar-refractivity contribution in [2.45, 2.75) is 20.8 Å². The van der Waals surface area contributed by atoms with Gasteiger partial charge in [-0.05, 0) is 43.5 Å². The molecule has 2 aromatic rings. The Labute approximate surface area is 165 Å². The summed E-state index contributed by atoms with van der Waals surface area (Å²) in [5.41, 5.74) is 3.90. The predicted molar refractivity (Wildman–Crippen MR) is 108 cm³/mol. The molecule has 0 spiro atoms. The maximum atomic E-state index is 12.3. The van der Waals surface area contributed by atoms with E-state index >= 15 is 0 Å². The standard InChI is InChI=1S/C21H23NO5S/c1-15-11-16(2)21(17(3)12-15)19(23)14-27-20(24)13-22-28(25,26)10-9-18-7-5-4-6-8-18/h4-12,22H,13-14H2,1-3H3/b10-9+. The normalized spacial score (nSPS) is 11.5. The summed E-state index contributed by atoms with van der Waals surface area (Å²) in [6.45, 7) is 4.59. The summed E-state index contributed by atoms with van der Waals surface area (Å²) < 4.78 is 30.9. The zero-order valence-corrected chi connectivity index (χ0v) is 16.9. The molecule has 0 aliphatic heterocycles. The number of ether oxygens (including phenoxy) is 1. The first kappa shape index (κ1) is 21.5. The minimum Gasteiger partial charge on any atom is -0.456 e. The molecular weight excluding hydrogens is 378 g/mol. The van der Waals surface area contributed by atoms with Crippen LogP contribution in [0.4, 0.5) is 0 Å². The number of esters is 1. The number of hydrogen-bond acceptors (Lipinski definition) is 5. The molecule has 0 aliphatic carbocycles.